The van der Waals surface area contributed by atoms with Crippen LogP contribution in [-0.2, 0) is 14.3 Å². The van der Waals surface area contributed by atoms with Crippen molar-refractivity contribution in [3.63, 3.8) is 0 Å². The highest BCUT2D eigenvalue weighted by Crippen LogP contribution is 2.11. The molecule has 0 radical (unpaired) electrons. The van der Waals surface area contributed by atoms with Crippen molar-refractivity contribution in [1.29, 1.82) is 0 Å². The number of unbranched alkanes of at least 4 members (excludes halogenated alkanes) is 1. The average molecular weight is 327 g/mol. The molecule has 0 heterocycles. The first kappa shape index (κ1) is 15.4. The summed E-state index contributed by atoms with van der Waals surface area (Å²) in [5, 5.41) is 0. The lowest BCUT2D eigenvalue weighted by molar-refractivity contribution is -0.137. The topological polar surface area (TPSA) is 52.6 Å². The second kappa shape index (κ2) is 8.48. The number of ether oxygens (including phenoxy) is 2. The summed E-state index contributed by atoms with van der Waals surface area (Å²) < 4.78 is 10.5. The number of carbonyl (C=O) groups excluding carboxylic acids is 2. The highest BCUT2D eigenvalue weighted by molar-refractivity contribution is 9.10. The Morgan fingerprint density at radius 3 is 2.58 bits per heavy atom. The Morgan fingerprint density at radius 1 is 1.26 bits per heavy atom. The Bertz CT molecular complexity index is 451. The molecule has 4 nitrogen and oxygen atoms in total. The summed E-state index contributed by atoms with van der Waals surface area (Å²) in [6.07, 6.45) is 3.90. The van der Waals surface area contributed by atoms with Crippen LogP contribution in [0.5, 0.6) is 0 Å². The first-order chi connectivity index (χ1) is 9.13. The van der Waals surface area contributed by atoms with E-state index in [-0.39, 0.29) is 0 Å². The molecule has 0 fully saturated rings. The monoisotopic (exact) mass is 326 g/mol. The number of esters is 2. The smallest absolute Gasteiger partial charge is 0.342 e. The lowest BCUT2D eigenvalue weighted by atomic mass is 10.2. The van der Waals surface area contributed by atoms with Crippen LogP contribution in [0.3, 0.4) is 0 Å². The van der Waals surface area contributed by atoms with E-state index in [9.17, 15) is 9.59 Å². The predicted octanol–water partition coefficient (Wildman–Crippen LogP) is 3.46. The fourth-order valence-corrected chi connectivity index (χ4v) is 1.43. The standard InChI is InChI=1S/C14H15BrO4/c1-2-3-9-18-13(16)8-10-19-14(17)11-4-6-12(15)7-5-11/h4-8,10H,2-3,9H2,1H3/b10-8+. The molecule has 0 aromatic heterocycles. The van der Waals surface area contributed by atoms with Crippen LogP contribution in [0.25, 0.3) is 0 Å². The van der Waals surface area contributed by atoms with Crippen LogP contribution in [-0.4, -0.2) is 18.5 Å². The molecule has 19 heavy (non-hydrogen) atoms. The molecule has 1 aromatic rings. The molecule has 0 saturated carbocycles. The largest absolute Gasteiger partial charge is 0.462 e. The van der Waals surface area contributed by atoms with Crippen molar-refractivity contribution in [1.82, 2.24) is 0 Å². The van der Waals surface area contributed by atoms with Crippen molar-refractivity contribution in [2.45, 2.75) is 19.8 Å². The van der Waals surface area contributed by atoms with Crippen molar-refractivity contribution < 1.29 is 19.1 Å². The fourth-order valence-electron chi connectivity index (χ4n) is 1.17. The van der Waals surface area contributed by atoms with Gasteiger partial charge in [-0.15, -0.1) is 0 Å². The van der Waals surface area contributed by atoms with Gasteiger partial charge in [-0.3, -0.25) is 0 Å². The highest BCUT2D eigenvalue weighted by atomic mass is 79.9. The summed E-state index contributed by atoms with van der Waals surface area (Å²) >= 11 is 3.27. The van der Waals surface area contributed by atoms with Gasteiger partial charge in [0.1, 0.15) is 6.26 Å². The molecular weight excluding hydrogens is 312 g/mol. The van der Waals surface area contributed by atoms with Crippen molar-refractivity contribution in [2.24, 2.45) is 0 Å². The molecule has 0 amide bonds. The number of benzene rings is 1. The molecule has 0 atom stereocenters. The molecule has 0 spiro atoms. The van der Waals surface area contributed by atoms with Gasteiger partial charge in [-0.25, -0.2) is 9.59 Å². The zero-order chi connectivity index (χ0) is 14.1. The Balaban J connectivity index is 2.37. The first-order valence-electron chi connectivity index (χ1n) is 5.93. The number of hydrogen-bond acceptors (Lipinski definition) is 4. The zero-order valence-electron chi connectivity index (χ0n) is 10.6. The van der Waals surface area contributed by atoms with Crippen molar-refractivity contribution in [3.8, 4) is 0 Å². The van der Waals surface area contributed by atoms with E-state index >= 15 is 0 Å². The van der Waals surface area contributed by atoms with E-state index in [0.29, 0.717) is 12.2 Å². The van der Waals surface area contributed by atoms with E-state index in [1.807, 2.05) is 6.92 Å². The van der Waals surface area contributed by atoms with Crippen LogP contribution in [0, 0.1) is 0 Å². The normalized spacial score (nSPS) is 10.4. The second-order valence-electron chi connectivity index (χ2n) is 3.74. The predicted molar refractivity (Wildman–Crippen MR) is 74.6 cm³/mol. The van der Waals surface area contributed by atoms with E-state index in [2.05, 4.69) is 15.9 Å². The third-order valence-electron chi connectivity index (χ3n) is 2.20. The summed E-state index contributed by atoms with van der Waals surface area (Å²) in [6, 6.07) is 6.72. The van der Waals surface area contributed by atoms with Crippen LogP contribution >= 0.6 is 15.9 Å². The number of hydrogen-bond donors (Lipinski definition) is 0. The summed E-state index contributed by atoms with van der Waals surface area (Å²) in [4.78, 5) is 22.7. The third kappa shape index (κ3) is 6.20. The van der Waals surface area contributed by atoms with Crippen LogP contribution < -0.4 is 0 Å². The molecular formula is C14H15BrO4. The Morgan fingerprint density at radius 2 is 1.95 bits per heavy atom. The van der Waals surface area contributed by atoms with Gasteiger partial charge in [0.2, 0.25) is 0 Å². The minimum Gasteiger partial charge on any atom is -0.462 e. The highest BCUT2D eigenvalue weighted by Gasteiger charge is 2.05. The lowest BCUT2D eigenvalue weighted by Crippen LogP contribution is -2.04. The molecule has 1 rings (SSSR count). The minimum absolute atomic E-state index is 0.375. The molecule has 0 bridgehead atoms. The van der Waals surface area contributed by atoms with E-state index < -0.39 is 11.9 Å². The quantitative estimate of drug-likeness (QED) is 0.347. The molecule has 1 aromatic carbocycles. The van der Waals surface area contributed by atoms with Gasteiger partial charge < -0.3 is 9.47 Å². The average Bonchev–Trinajstić information content (AvgIpc) is 2.39. The van der Waals surface area contributed by atoms with Gasteiger partial charge in [-0.1, -0.05) is 29.3 Å². The van der Waals surface area contributed by atoms with Gasteiger partial charge in [0.25, 0.3) is 0 Å². The van der Waals surface area contributed by atoms with E-state index in [1.54, 1.807) is 24.3 Å². The first-order valence-corrected chi connectivity index (χ1v) is 6.72. The maximum Gasteiger partial charge on any atom is 0.342 e. The van der Waals surface area contributed by atoms with Gasteiger partial charge in [0, 0.05) is 4.47 Å². The van der Waals surface area contributed by atoms with Crippen LogP contribution in [0.15, 0.2) is 41.1 Å². The van der Waals surface area contributed by atoms with E-state index in [0.717, 1.165) is 29.7 Å². The summed E-state index contributed by atoms with van der Waals surface area (Å²) in [5.41, 5.74) is 0.409. The van der Waals surface area contributed by atoms with Gasteiger partial charge in [0.05, 0.1) is 18.2 Å². The number of rotatable bonds is 6. The molecule has 5 heteroatoms. The van der Waals surface area contributed by atoms with Crippen molar-refractivity contribution in [2.75, 3.05) is 6.61 Å². The molecule has 0 unspecified atom stereocenters. The summed E-state index contributed by atoms with van der Waals surface area (Å²) in [7, 11) is 0. The van der Waals surface area contributed by atoms with Gasteiger partial charge in [-0.05, 0) is 30.7 Å². The summed E-state index contributed by atoms with van der Waals surface area (Å²) in [6.45, 7) is 2.38. The molecule has 0 saturated heterocycles. The molecule has 102 valence electrons. The molecule has 0 aliphatic rings. The van der Waals surface area contributed by atoms with Crippen LogP contribution in [0.2, 0.25) is 0 Å². The number of carbonyl (C=O) groups is 2. The Kier molecular flexibility index (Phi) is 6.89. The second-order valence-corrected chi connectivity index (χ2v) is 4.65. The van der Waals surface area contributed by atoms with Gasteiger partial charge >= 0.3 is 11.9 Å². The van der Waals surface area contributed by atoms with Crippen molar-refractivity contribution >= 4 is 27.9 Å². The molecule has 0 aliphatic carbocycles. The van der Waals surface area contributed by atoms with E-state index in [4.69, 9.17) is 9.47 Å². The maximum atomic E-state index is 11.6. The van der Waals surface area contributed by atoms with Gasteiger partial charge in [-0.2, -0.15) is 0 Å². The minimum atomic E-state index is -0.523. The Hall–Kier alpha value is -1.62. The van der Waals surface area contributed by atoms with Gasteiger partial charge in [0.15, 0.2) is 0 Å². The van der Waals surface area contributed by atoms with Crippen LogP contribution in [0.4, 0.5) is 0 Å². The third-order valence-corrected chi connectivity index (χ3v) is 2.73. The van der Waals surface area contributed by atoms with Crippen molar-refractivity contribution in [3.05, 3.63) is 46.6 Å². The van der Waals surface area contributed by atoms with Crippen LogP contribution in [0.1, 0.15) is 30.1 Å². The Labute approximate surface area is 120 Å². The number of halogens is 1. The lowest BCUT2D eigenvalue weighted by Gasteiger charge is -2.00. The SMILES string of the molecule is CCCCOC(=O)/C=C/OC(=O)c1ccc(Br)cc1. The maximum absolute atomic E-state index is 11.6. The summed E-state index contributed by atoms with van der Waals surface area (Å²) in [5.74, 6) is -1.04. The zero-order valence-corrected chi connectivity index (χ0v) is 12.2. The molecule has 0 N–H and O–H groups in total. The molecule has 0 aliphatic heterocycles. The fraction of sp³-hybridized carbons (Fsp3) is 0.286. The van der Waals surface area contributed by atoms with E-state index in [1.165, 1.54) is 0 Å².